The summed E-state index contributed by atoms with van der Waals surface area (Å²) < 4.78 is 5.65. The molecule has 0 aliphatic carbocycles. The van der Waals surface area contributed by atoms with Gasteiger partial charge in [0.25, 0.3) is 0 Å². The number of hydrogen-bond donors (Lipinski definition) is 5. The molecule has 11 nitrogen and oxygen atoms in total. The zero-order valence-electron chi connectivity index (χ0n) is 19.1. The summed E-state index contributed by atoms with van der Waals surface area (Å²) in [5, 5.41) is 32.4. The van der Waals surface area contributed by atoms with E-state index in [-0.39, 0.29) is 25.7 Å². The fraction of sp³-hybridized carbons (Fsp3) is 0.545. The number of nitrogens with two attached hydrogens (primary N) is 1. The average molecular weight is 505 g/mol. The van der Waals surface area contributed by atoms with Gasteiger partial charge in [0.05, 0.1) is 32.3 Å². The fourth-order valence-electron chi connectivity index (χ4n) is 2.98. The van der Waals surface area contributed by atoms with Gasteiger partial charge < -0.3 is 30.9 Å². The van der Waals surface area contributed by atoms with E-state index in [2.05, 4.69) is 4.90 Å². The Balaban J connectivity index is 0.000000570. The van der Waals surface area contributed by atoms with E-state index in [1.54, 1.807) is 0 Å². The normalized spacial score (nSPS) is 14.7. The Labute approximate surface area is 203 Å². The predicted molar refractivity (Wildman–Crippen MR) is 124 cm³/mol. The molecule has 0 unspecified atom stereocenters. The van der Waals surface area contributed by atoms with Gasteiger partial charge in [0.15, 0.2) is 0 Å². The number of carboxylic acids is 4. The van der Waals surface area contributed by atoms with Crippen LogP contribution in [0.1, 0.15) is 51.0 Å². The van der Waals surface area contributed by atoms with Crippen molar-refractivity contribution >= 4 is 35.5 Å². The number of hydrogen-bond acceptors (Lipinski definition) is 7. The van der Waals surface area contributed by atoms with Gasteiger partial charge in [-0.2, -0.15) is 0 Å². The monoisotopic (exact) mass is 504 g/mol. The van der Waals surface area contributed by atoms with Crippen molar-refractivity contribution < 1.29 is 44.3 Å². The average Bonchev–Trinajstić information content (AvgIpc) is 3.21. The third kappa shape index (κ3) is 15.0. The van der Waals surface area contributed by atoms with Gasteiger partial charge in [-0.1, -0.05) is 11.6 Å². The number of ether oxygens (including phenoxy) is 1. The Morgan fingerprint density at radius 3 is 1.91 bits per heavy atom. The van der Waals surface area contributed by atoms with E-state index in [9.17, 15) is 19.2 Å². The maximum Gasteiger partial charge on any atom is 0.303 e. The van der Waals surface area contributed by atoms with Crippen molar-refractivity contribution in [2.45, 2.75) is 58.0 Å². The molecule has 0 bridgehead atoms. The minimum absolute atomic E-state index is 0.296. The lowest BCUT2D eigenvalue weighted by Crippen LogP contribution is -2.34. The lowest BCUT2D eigenvalue weighted by atomic mass is 10.1. The van der Waals surface area contributed by atoms with Crippen molar-refractivity contribution in [3.63, 3.8) is 0 Å². The lowest BCUT2D eigenvalue weighted by Gasteiger charge is -2.24. The molecule has 34 heavy (non-hydrogen) atoms. The minimum Gasteiger partial charge on any atom is -0.494 e. The van der Waals surface area contributed by atoms with Crippen LogP contribution in [0.2, 0.25) is 5.02 Å². The van der Waals surface area contributed by atoms with Crippen LogP contribution in [0.4, 0.5) is 0 Å². The van der Waals surface area contributed by atoms with Gasteiger partial charge >= 0.3 is 23.9 Å². The number of halogens is 1. The largest absolute Gasteiger partial charge is 0.494 e. The molecule has 1 atom stereocenters. The van der Waals surface area contributed by atoms with Gasteiger partial charge in [-0.15, -0.1) is 0 Å². The molecule has 1 fully saturated rings. The van der Waals surface area contributed by atoms with Crippen molar-refractivity contribution in [3.8, 4) is 5.75 Å². The van der Waals surface area contributed by atoms with Gasteiger partial charge in [0, 0.05) is 29.7 Å². The summed E-state index contributed by atoms with van der Waals surface area (Å²) in [6.45, 7) is 5.38. The van der Waals surface area contributed by atoms with Crippen LogP contribution in [0.5, 0.6) is 5.75 Å². The molecule has 6 N–H and O–H groups in total. The second kappa shape index (κ2) is 17.6. The molecule has 0 radical (unpaired) electrons. The molecule has 0 amide bonds. The van der Waals surface area contributed by atoms with Crippen LogP contribution in [0.15, 0.2) is 18.2 Å². The molecule has 0 spiro atoms. The van der Waals surface area contributed by atoms with Crippen molar-refractivity contribution in [1.82, 2.24) is 4.90 Å². The molecule has 1 aromatic carbocycles. The number of likely N-dealkylation sites (tertiary alicyclic amines) is 1. The zero-order valence-corrected chi connectivity index (χ0v) is 19.9. The molecule has 12 heteroatoms. The molecule has 0 aromatic heterocycles. The summed E-state index contributed by atoms with van der Waals surface area (Å²) in [4.78, 5) is 41.0. The second-order valence-corrected chi connectivity index (χ2v) is 7.70. The summed E-state index contributed by atoms with van der Waals surface area (Å²) >= 11 is 6.07. The topological polar surface area (TPSA) is 188 Å². The zero-order chi connectivity index (χ0) is 26.1. The molecule has 1 aliphatic heterocycles. The van der Waals surface area contributed by atoms with Crippen LogP contribution in [-0.2, 0) is 25.7 Å². The summed E-state index contributed by atoms with van der Waals surface area (Å²) in [5.41, 5.74) is 6.96. The third-order valence-corrected chi connectivity index (χ3v) is 4.81. The molecule has 2 rings (SSSR count). The van der Waals surface area contributed by atoms with E-state index in [0.717, 1.165) is 36.0 Å². The van der Waals surface area contributed by atoms with E-state index >= 15 is 0 Å². The molecular formula is C22H33ClN2O9. The van der Waals surface area contributed by atoms with Crippen LogP contribution in [0, 0.1) is 0 Å². The highest BCUT2D eigenvalue weighted by Gasteiger charge is 2.24. The van der Waals surface area contributed by atoms with Gasteiger partial charge in [0.2, 0.25) is 0 Å². The van der Waals surface area contributed by atoms with E-state index < -0.39 is 23.9 Å². The standard InChI is InChI=1S/C14H21ClN2O.2C4H6O4/c1-2-18-14-6-5-12(15)8-11(14)10-17-7-3-4-13(17)9-16;2*5-3(6)1-2-4(7)8/h5-6,8,13H,2-4,7,9-10,16H2,1H3;2*1-2H2,(H,5,6)(H,7,8)/t13-;;/m0../s1. The first-order valence-electron chi connectivity index (χ1n) is 10.7. The number of carboxylic acid groups (broad SMARTS) is 4. The molecule has 1 aromatic rings. The van der Waals surface area contributed by atoms with Crippen LogP contribution in [0.3, 0.4) is 0 Å². The molecule has 192 valence electrons. The number of nitrogens with zero attached hydrogens (tertiary/aromatic N) is 1. The fourth-order valence-corrected chi connectivity index (χ4v) is 3.18. The van der Waals surface area contributed by atoms with Gasteiger partial charge in [-0.05, 0) is 44.5 Å². The quantitative estimate of drug-likeness (QED) is 0.298. The van der Waals surface area contributed by atoms with E-state index in [1.807, 2.05) is 25.1 Å². The summed E-state index contributed by atoms with van der Waals surface area (Å²) in [5.74, 6) is -3.37. The van der Waals surface area contributed by atoms with Crippen LogP contribution in [0.25, 0.3) is 0 Å². The highest BCUT2D eigenvalue weighted by molar-refractivity contribution is 6.30. The Morgan fingerprint density at radius 1 is 1.00 bits per heavy atom. The Bertz CT molecular complexity index is 749. The van der Waals surface area contributed by atoms with Crippen LogP contribution in [-0.4, -0.2) is 74.9 Å². The van der Waals surface area contributed by atoms with Gasteiger partial charge in [-0.25, -0.2) is 0 Å². The van der Waals surface area contributed by atoms with Crippen molar-refractivity contribution in [1.29, 1.82) is 0 Å². The number of aliphatic carboxylic acids is 4. The first kappa shape index (κ1) is 31.1. The molecule has 1 aliphatic rings. The Morgan fingerprint density at radius 2 is 1.50 bits per heavy atom. The first-order chi connectivity index (χ1) is 16.0. The van der Waals surface area contributed by atoms with E-state index in [4.69, 9.17) is 42.5 Å². The van der Waals surface area contributed by atoms with E-state index in [0.29, 0.717) is 12.6 Å². The predicted octanol–water partition coefficient (Wildman–Crippen LogP) is 2.53. The second-order valence-electron chi connectivity index (χ2n) is 7.26. The van der Waals surface area contributed by atoms with E-state index in [1.165, 1.54) is 12.8 Å². The molecule has 1 heterocycles. The number of rotatable bonds is 11. The van der Waals surface area contributed by atoms with Crippen LogP contribution >= 0.6 is 11.6 Å². The minimum atomic E-state index is -1.08. The maximum atomic E-state index is 9.64. The van der Waals surface area contributed by atoms with Crippen molar-refractivity contribution in [2.24, 2.45) is 5.73 Å². The summed E-state index contributed by atoms with van der Waals surface area (Å²) in [6.07, 6.45) is 1.24. The molecule has 0 saturated carbocycles. The highest BCUT2D eigenvalue weighted by Crippen LogP contribution is 2.27. The SMILES string of the molecule is CCOc1ccc(Cl)cc1CN1CCC[C@H]1CN.O=C(O)CCC(=O)O.O=C(O)CCC(=O)O. The Hall–Kier alpha value is -2.89. The highest BCUT2D eigenvalue weighted by atomic mass is 35.5. The summed E-state index contributed by atoms with van der Waals surface area (Å²) in [7, 11) is 0. The third-order valence-electron chi connectivity index (χ3n) is 4.57. The Kier molecular flexibility index (Phi) is 16.1. The smallest absolute Gasteiger partial charge is 0.303 e. The van der Waals surface area contributed by atoms with Crippen molar-refractivity contribution in [2.75, 3.05) is 19.7 Å². The first-order valence-corrected chi connectivity index (χ1v) is 11.1. The van der Waals surface area contributed by atoms with Crippen molar-refractivity contribution in [3.05, 3.63) is 28.8 Å². The van der Waals surface area contributed by atoms with Gasteiger partial charge in [0.1, 0.15) is 5.75 Å². The molecular weight excluding hydrogens is 472 g/mol. The number of benzene rings is 1. The lowest BCUT2D eigenvalue weighted by molar-refractivity contribution is -0.143. The van der Waals surface area contributed by atoms with Crippen LogP contribution < -0.4 is 10.5 Å². The maximum absolute atomic E-state index is 9.64. The van der Waals surface area contributed by atoms with Gasteiger partial charge in [-0.3, -0.25) is 24.1 Å². The molecule has 1 saturated heterocycles. The summed E-state index contributed by atoms with van der Waals surface area (Å²) in [6, 6.07) is 6.33. The number of carbonyl (C=O) groups is 4.